The second-order valence-electron chi connectivity index (χ2n) is 6.43. The van der Waals surface area contributed by atoms with Crippen molar-refractivity contribution in [1.82, 2.24) is 4.98 Å². The molecule has 1 aliphatic heterocycles. The Kier molecular flexibility index (Phi) is 4.50. The number of aromatic nitrogens is 1. The van der Waals surface area contributed by atoms with Crippen LogP contribution in [0.2, 0.25) is 0 Å². The van der Waals surface area contributed by atoms with Gasteiger partial charge < -0.3 is 10.2 Å². The number of fused-ring (bicyclic) bond motifs is 1. The van der Waals surface area contributed by atoms with Gasteiger partial charge in [-0.15, -0.1) is 0 Å². The van der Waals surface area contributed by atoms with Crippen LogP contribution < -0.4 is 10.2 Å². The number of nitrogens with zero attached hydrogens (tertiary/aromatic N) is 2. The Balaban J connectivity index is 1.53. The zero-order valence-electron chi connectivity index (χ0n) is 14.7. The number of halogens is 3. The fourth-order valence-electron chi connectivity index (χ4n) is 3.29. The number of para-hydroxylation sites is 2. The number of hydrogen-bond donors (Lipinski definition) is 1. The van der Waals surface area contributed by atoms with Crippen molar-refractivity contribution in [3.63, 3.8) is 0 Å². The normalized spacial score (nSPS) is 13.3. The summed E-state index contributed by atoms with van der Waals surface area (Å²) >= 11 is 0. The predicted octanol–water partition coefficient (Wildman–Crippen LogP) is 5.05. The number of amides is 1. The molecule has 0 saturated carbocycles. The lowest BCUT2D eigenvalue weighted by molar-refractivity contribution is -0.136. The molecule has 0 unspecified atom stereocenters. The summed E-state index contributed by atoms with van der Waals surface area (Å²) in [4.78, 5) is 18.8. The van der Waals surface area contributed by atoms with Crippen molar-refractivity contribution in [2.75, 3.05) is 16.8 Å². The Labute approximate surface area is 159 Å². The number of anilines is 3. The third kappa shape index (κ3) is 3.43. The average Bonchev–Trinajstić information content (AvgIpc) is 3.12. The van der Waals surface area contributed by atoms with Gasteiger partial charge in [0.15, 0.2) is 0 Å². The van der Waals surface area contributed by atoms with Gasteiger partial charge in [-0.25, -0.2) is 4.98 Å². The van der Waals surface area contributed by atoms with Crippen LogP contribution in [0.25, 0.3) is 0 Å². The van der Waals surface area contributed by atoms with Gasteiger partial charge in [-0.1, -0.05) is 30.3 Å². The molecule has 0 atom stereocenters. The summed E-state index contributed by atoms with van der Waals surface area (Å²) in [5.41, 5.74) is 1.33. The van der Waals surface area contributed by atoms with E-state index in [4.69, 9.17) is 0 Å². The van der Waals surface area contributed by atoms with E-state index in [0.717, 1.165) is 24.7 Å². The van der Waals surface area contributed by atoms with Gasteiger partial charge in [0.1, 0.15) is 5.82 Å². The van der Waals surface area contributed by atoms with Crippen LogP contribution in [0.15, 0.2) is 66.9 Å². The quantitative estimate of drug-likeness (QED) is 0.689. The molecule has 1 aromatic heterocycles. The molecule has 2 aromatic carbocycles. The van der Waals surface area contributed by atoms with Crippen molar-refractivity contribution in [1.29, 1.82) is 0 Å². The maximum absolute atomic E-state index is 13.1. The Hall–Kier alpha value is -3.35. The summed E-state index contributed by atoms with van der Waals surface area (Å²) in [7, 11) is 0. The van der Waals surface area contributed by atoms with Crippen LogP contribution in [0, 0.1) is 0 Å². The number of pyridine rings is 1. The van der Waals surface area contributed by atoms with Gasteiger partial charge in [0.25, 0.3) is 5.91 Å². The summed E-state index contributed by atoms with van der Waals surface area (Å²) in [5, 5.41) is 2.33. The fraction of sp³-hybridized carbons (Fsp3) is 0.143. The molecule has 0 radical (unpaired) electrons. The highest BCUT2D eigenvalue weighted by molar-refractivity contribution is 6.04. The first kappa shape index (κ1) is 18.0. The summed E-state index contributed by atoms with van der Waals surface area (Å²) < 4.78 is 39.2. The topological polar surface area (TPSA) is 45.2 Å². The predicted molar refractivity (Wildman–Crippen MR) is 101 cm³/mol. The van der Waals surface area contributed by atoms with Crippen molar-refractivity contribution >= 4 is 23.1 Å². The number of benzene rings is 2. The van der Waals surface area contributed by atoms with Crippen LogP contribution in [0.3, 0.4) is 0 Å². The molecule has 4 rings (SSSR count). The minimum absolute atomic E-state index is 0.188. The van der Waals surface area contributed by atoms with Crippen LogP contribution >= 0.6 is 0 Å². The number of alkyl halides is 3. The number of carbonyl (C=O) groups is 1. The van der Waals surface area contributed by atoms with E-state index in [0.29, 0.717) is 5.82 Å². The third-order valence-corrected chi connectivity index (χ3v) is 4.65. The van der Waals surface area contributed by atoms with Crippen LogP contribution in [-0.2, 0) is 12.6 Å². The second-order valence-corrected chi connectivity index (χ2v) is 6.43. The van der Waals surface area contributed by atoms with Gasteiger partial charge in [-0.2, -0.15) is 13.2 Å². The molecule has 28 heavy (non-hydrogen) atoms. The number of carbonyl (C=O) groups excluding carboxylic acids is 1. The zero-order chi connectivity index (χ0) is 19.7. The maximum atomic E-state index is 13.1. The van der Waals surface area contributed by atoms with E-state index in [2.05, 4.69) is 21.3 Å². The van der Waals surface area contributed by atoms with E-state index >= 15 is 0 Å². The SMILES string of the molecule is O=C(Nc1ccccc1C(F)(F)F)c1ccc(N2CCc3ccccc32)nc1. The van der Waals surface area contributed by atoms with Crippen molar-refractivity contribution in [3.05, 3.63) is 83.6 Å². The highest BCUT2D eigenvalue weighted by Gasteiger charge is 2.33. The molecule has 0 bridgehead atoms. The fourth-order valence-corrected chi connectivity index (χ4v) is 3.29. The van der Waals surface area contributed by atoms with Crippen LogP contribution in [0.1, 0.15) is 21.5 Å². The average molecular weight is 383 g/mol. The Morgan fingerprint density at radius 2 is 1.75 bits per heavy atom. The second kappa shape index (κ2) is 6.99. The molecule has 0 fully saturated rings. The lowest BCUT2D eigenvalue weighted by Crippen LogP contribution is -2.18. The van der Waals surface area contributed by atoms with Crippen molar-refractivity contribution in [2.45, 2.75) is 12.6 Å². The monoisotopic (exact) mass is 383 g/mol. The van der Waals surface area contributed by atoms with Gasteiger partial charge in [-0.05, 0) is 42.3 Å². The van der Waals surface area contributed by atoms with Gasteiger partial charge in [0.2, 0.25) is 0 Å². The van der Waals surface area contributed by atoms with E-state index in [1.165, 1.54) is 30.0 Å². The number of nitrogens with one attached hydrogen (secondary N) is 1. The van der Waals surface area contributed by atoms with Crippen LogP contribution in [0.5, 0.6) is 0 Å². The molecule has 2 heterocycles. The molecule has 1 N–H and O–H groups in total. The Morgan fingerprint density at radius 3 is 2.50 bits per heavy atom. The van der Waals surface area contributed by atoms with E-state index in [-0.39, 0.29) is 11.3 Å². The molecular weight excluding hydrogens is 367 g/mol. The molecule has 0 saturated heterocycles. The highest BCUT2D eigenvalue weighted by Crippen LogP contribution is 2.35. The minimum atomic E-state index is -4.55. The van der Waals surface area contributed by atoms with E-state index < -0.39 is 17.6 Å². The molecule has 142 valence electrons. The van der Waals surface area contributed by atoms with Gasteiger partial charge >= 0.3 is 6.18 Å². The molecule has 7 heteroatoms. The summed E-state index contributed by atoms with van der Waals surface area (Å²) in [6, 6.07) is 16.2. The highest BCUT2D eigenvalue weighted by atomic mass is 19.4. The summed E-state index contributed by atoms with van der Waals surface area (Å²) in [5.74, 6) is 0.0507. The van der Waals surface area contributed by atoms with Crippen molar-refractivity contribution in [2.24, 2.45) is 0 Å². The zero-order valence-corrected chi connectivity index (χ0v) is 14.7. The Morgan fingerprint density at radius 1 is 1.00 bits per heavy atom. The lowest BCUT2D eigenvalue weighted by atomic mass is 10.1. The molecule has 0 aliphatic carbocycles. The van der Waals surface area contributed by atoms with Crippen LogP contribution in [-0.4, -0.2) is 17.4 Å². The molecule has 4 nitrogen and oxygen atoms in total. The van der Waals surface area contributed by atoms with Crippen LogP contribution in [0.4, 0.5) is 30.4 Å². The van der Waals surface area contributed by atoms with E-state index in [9.17, 15) is 18.0 Å². The smallest absolute Gasteiger partial charge is 0.326 e. The largest absolute Gasteiger partial charge is 0.418 e. The Bertz CT molecular complexity index is 1020. The standard InChI is InChI=1S/C21H16F3N3O/c22-21(23,24)16-6-2-3-7-17(16)26-20(28)15-9-10-19(25-13-15)27-12-11-14-5-1-4-8-18(14)27/h1-10,13H,11-12H2,(H,26,28). The van der Waals surface area contributed by atoms with Crippen molar-refractivity contribution < 1.29 is 18.0 Å². The van der Waals surface area contributed by atoms with Gasteiger partial charge in [-0.3, -0.25) is 4.79 Å². The van der Waals surface area contributed by atoms with Gasteiger partial charge in [0.05, 0.1) is 16.8 Å². The maximum Gasteiger partial charge on any atom is 0.418 e. The van der Waals surface area contributed by atoms with Gasteiger partial charge in [0, 0.05) is 18.4 Å². The third-order valence-electron chi connectivity index (χ3n) is 4.65. The molecule has 0 spiro atoms. The number of hydrogen-bond acceptors (Lipinski definition) is 3. The first-order valence-corrected chi connectivity index (χ1v) is 8.72. The molecule has 3 aromatic rings. The molecule has 1 amide bonds. The van der Waals surface area contributed by atoms with Crippen molar-refractivity contribution in [3.8, 4) is 0 Å². The number of rotatable bonds is 3. The summed E-state index contributed by atoms with van der Waals surface area (Å²) in [6.45, 7) is 0.789. The lowest BCUT2D eigenvalue weighted by Gasteiger charge is -2.18. The van der Waals surface area contributed by atoms with E-state index in [1.54, 1.807) is 12.1 Å². The molecule has 1 aliphatic rings. The molecular formula is C21H16F3N3O. The van der Waals surface area contributed by atoms with E-state index in [1.807, 2.05) is 18.2 Å². The minimum Gasteiger partial charge on any atom is -0.326 e. The first-order chi connectivity index (χ1) is 13.4. The first-order valence-electron chi connectivity index (χ1n) is 8.72. The summed E-state index contributed by atoms with van der Waals surface area (Å²) in [6.07, 6.45) is -2.26.